The number of para-hydroxylation sites is 1. The van der Waals surface area contributed by atoms with Crippen LogP contribution in [0.4, 0.5) is 0 Å². The van der Waals surface area contributed by atoms with Crippen LogP contribution in [0.2, 0.25) is 5.02 Å². The molecule has 0 saturated carbocycles. The summed E-state index contributed by atoms with van der Waals surface area (Å²) in [6.07, 6.45) is 2.38. The van der Waals surface area contributed by atoms with Crippen LogP contribution in [0.25, 0.3) is 0 Å². The fraction of sp³-hybridized carbons (Fsp3) is 0.174. The van der Waals surface area contributed by atoms with Crippen LogP contribution in [-0.2, 0) is 19.4 Å². The summed E-state index contributed by atoms with van der Waals surface area (Å²) >= 11 is 6.02. The molecule has 0 heterocycles. The van der Waals surface area contributed by atoms with E-state index in [1.807, 2.05) is 54.6 Å². The van der Waals surface area contributed by atoms with Gasteiger partial charge in [0.15, 0.2) is 0 Å². The van der Waals surface area contributed by atoms with Crippen molar-refractivity contribution in [2.45, 2.75) is 25.9 Å². The van der Waals surface area contributed by atoms with Crippen molar-refractivity contribution in [3.05, 3.63) is 100 Å². The molecule has 0 aliphatic carbocycles. The molecular formula is C23H21ClO3. The molecule has 4 heteroatoms. The van der Waals surface area contributed by atoms with Crippen molar-refractivity contribution in [2.24, 2.45) is 0 Å². The number of benzene rings is 3. The van der Waals surface area contributed by atoms with Gasteiger partial charge >= 0.3 is 5.97 Å². The molecule has 138 valence electrons. The second kappa shape index (κ2) is 9.24. The second-order valence-corrected chi connectivity index (χ2v) is 6.78. The topological polar surface area (TPSA) is 46.5 Å². The third-order valence-corrected chi connectivity index (χ3v) is 4.63. The summed E-state index contributed by atoms with van der Waals surface area (Å²) in [4.78, 5) is 11.3. The fourth-order valence-electron chi connectivity index (χ4n) is 3.06. The summed E-state index contributed by atoms with van der Waals surface area (Å²) in [5.41, 5.74) is 3.38. The van der Waals surface area contributed by atoms with E-state index in [1.165, 1.54) is 0 Å². The van der Waals surface area contributed by atoms with Crippen molar-refractivity contribution in [1.29, 1.82) is 0 Å². The van der Waals surface area contributed by atoms with Crippen LogP contribution in [0, 0.1) is 0 Å². The third-order valence-electron chi connectivity index (χ3n) is 4.40. The molecule has 0 aromatic heterocycles. The first-order chi connectivity index (χ1) is 13.1. The standard InChI is InChI=1S/C23H21ClO3/c24-20-12-5-7-17(15-20)16-27-22-14-4-2-9-19(22)11-6-10-18-8-1-3-13-21(18)23(25)26/h1-5,7-9,12-15H,6,10-11,16H2,(H,25,26). The Hall–Kier alpha value is -2.78. The van der Waals surface area contributed by atoms with Crippen molar-refractivity contribution >= 4 is 17.6 Å². The normalized spacial score (nSPS) is 10.6. The van der Waals surface area contributed by atoms with Gasteiger partial charge in [0, 0.05) is 5.02 Å². The molecule has 0 amide bonds. The number of rotatable bonds is 8. The number of carboxylic acids is 1. The molecular weight excluding hydrogens is 360 g/mol. The Morgan fingerprint density at radius 1 is 0.889 bits per heavy atom. The van der Waals surface area contributed by atoms with Crippen molar-refractivity contribution in [3.8, 4) is 5.75 Å². The highest BCUT2D eigenvalue weighted by Crippen LogP contribution is 2.23. The third kappa shape index (κ3) is 5.35. The molecule has 3 rings (SSSR count). The summed E-state index contributed by atoms with van der Waals surface area (Å²) in [5.74, 6) is -0.0279. The van der Waals surface area contributed by atoms with Gasteiger partial charge in [0.1, 0.15) is 12.4 Å². The number of hydrogen-bond acceptors (Lipinski definition) is 2. The van der Waals surface area contributed by atoms with Crippen LogP contribution < -0.4 is 4.74 Å². The minimum Gasteiger partial charge on any atom is -0.489 e. The maximum Gasteiger partial charge on any atom is 0.335 e. The highest BCUT2D eigenvalue weighted by atomic mass is 35.5. The van der Waals surface area contributed by atoms with Crippen LogP contribution in [0.3, 0.4) is 0 Å². The lowest BCUT2D eigenvalue weighted by Gasteiger charge is -2.12. The molecule has 0 unspecified atom stereocenters. The lowest BCUT2D eigenvalue weighted by molar-refractivity contribution is 0.0695. The zero-order chi connectivity index (χ0) is 19.1. The molecule has 3 aromatic carbocycles. The quantitative estimate of drug-likeness (QED) is 0.537. The molecule has 0 atom stereocenters. The Balaban J connectivity index is 1.62. The van der Waals surface area contributed by atoms with Crippen LogP contribution in [0.15, 0.2) is 72.8 Å². The average Bonchev–Trinajstić information content (AvgIpc) is 2.67. The number of ether oxygens (including phenoxy) is 1. The van der Waals surface area contributed by atoms with E-state index in [0.29, 0.717) is 23.6 Å². The minimum atomic E-state index is -0.879. The lowest BCUT2D eigenvalue weighted by Crippen LogP contribution is -2.03. The lowest BCUT2D eigenvalue weighted by atomic mass is 9.99. The average molecular weight is 381 g/mol. The van der Waals surface area contributed by atoms with Gasteiger partial charge in [-0.2, -0.15) is 0 Å². The van der Waals surface area contributed by atoms with Crippen LogP contribution in [0.5, 0.6) is 5.75 Å². The molecule has 0 bridgehead atoms. The molecule has 0 radical (unpaired) electrons. The van der Waals surface area contributed by atoms with E-state index in [4.69, 9.17) is 16.3 Å². The summed E-state index contributed by atoms with van der Waals surface area (Å²) in [6, 6.07) is 22.8. The van der Waals surface area contributed by atoms with Gasteiger partial charge < -0.3 is 9.84 Å². The molecule has 0 fully saturated rings. The zero-order valence-electron chi connectivity index (χ0n) is 14.9. The van der Waals surface area contributed by atoms with E-state index >= 15 is 0 Å². The first kappa shape index (κ1) is 19.0. The number of aromatic carboxylic acids is 1. The monoisotopic (exact) mass is 380 g/mol. The van der Waals surface area contributed by atoms with Crippen molar-refractivity contribution in [3.63, 3.8) is 0 Å². The van der Waals surface area contributed by atoms with E-state index in [0.717, 1.165) is 35.3 Å². The Morgan fingerprint density at radius 2 is 1.59 bits per heavy atom. The SMILES string of the molecule is O=C(O)c1ccccc1CCCc1ccccc1OCc1cccc(Cl)c1. The Bertz CT molecular complexity index is 921. The van der Waals surface area contributed by atoms with Gasteiger partial charge in [0.2, 0.25) is 0 Å². The molecule has 3 nitrogen and oxygen atoms in total. The van der Waals surface area contributed by atoms with Crippen LogP contribution in [0.1, 0.15) is 33.5 Å². The largest absolute Gasteiger partial charge is 0.489 e. The van der Waals surface area contributed by atoms with Crippen molar-refractivity contribution in [2.75, 3.05) is 0 Å². The van der Waals surface area contributed by atoms with Crippen LogP contribution >= 0.6 is 11.6 Å². The van der Waals surface area contributed by atoms with Crippen molar-refractivity contribution < 1.29 is 14.6 Å². The molecule has 0 aliphatic rings. The minimum absolute atomic E-state index is 0.378. The second-order valence-electron chi connectivity index (χ2n) is 6.34. The van der Waals surface area contributed by atoms with Crippen LogP contribution in [-0.4, -0.2) is 11.1 Å². The number of hydrogen-bond donors (Lipinski definition) is 1. The number of carboxylic acid groups (broad SMARTS) is 1. The van der Waals surface area contributed by atoms with Gasteiger partial charge in [0.05, 0.1) is 5.56 Å². The maximum absolute atomic E-state index is 11.3. The van der Waals surface area contributed by atoms with Gasteiger partial charge in [-0.1, -0.05) is 60.1 Å². The summed E-state index contributed by atoms with van der Waals surface area (Å²) in [5, 5.41) is 9.99. The molecule has 27 heavy (non-hydrogen) atoms. The first-order valence-electron chi connectivity index (χ1n) is 8.90. The number of aryl methyl sites for hydroxylation is 2. The predicted molar refractivity (Wildman–Crippen MR) is 108 cm³/mol. The van der Waals surface area contributed by atoms with Gasteiger partial charge in [-0.3, -0.25) is 0 Å². The summed E-state index contributed by atoms with van der Waals surface area (Å²) < 4.78 is 5.99. The van der Waals surface area contributed by atoms with Gasteiger partial charge in [0.25, 0.3) is 0 Å². The van der Waals surface area contributed by atoms with E-state index < -0.39 is 5.97 Å². The fourth-order valence-corrected chi connectivity index (χ4v) is 3.27. The number of carbonyl (C=O) groups is 1. The summed E-state index contributed by atoms with van der Waals surface area (Å²) in [6.45, 7) is 0.458. The van der Waals surface area contributed by atoms with Gasteiger partial charge in [-0.05, 0) is 60.2 Å². The molecule has 0 aliphatic heterocycles. The molecule has 1 N–H and O–H groups in total. The first-order valence-corrected chi connectivity index (χ1v) is 9.27. The smallest absolute Gasteiger partial charge is 0.335 e. The maximum atomic E-state index is 11.3. The highest BCUT2D eigenvalue weighted by molar-refractivity contribution is 6.30. The Morgan fingerprint density at radius 3 is 2.37 bits per heavy atom. The Labute approximate surface area is 164 Å². The van der Waals surface area contributed by atoms with E-state index in [1.54, 1.807) is 12.1 Å². The molecule has 0 saturated heterocycles. The van der Waals surface area contributed by atoms with E-state index in [9.17, 15) is 9.90 Å². The predicted octanol–water partition coefficient (Wildman–Crippen LogP) is 5.79. The van der Waals surface area contributed by atoms with Gasteiger partial charge in [-0.25, -0.2) is 4.79 Å². The van der Waals surface area contributed by atoms with Crippen molar-refractivity contribution in [1.82, 2.24) is 0 Å². The highest BCUT2D eigenvalue weighted by Gasteiger charge is 2.09. The van der Waals surface area contributed by atoms with Gasteiger partial charge in [-0.15, -0.1) is 0 Å². The Kier molecular flexibility index (Phi) is 6.50. The zero-order valence-corrected chi connectivity index (χ0v) is 15.7. The molecule has 3 aromatic rings. The van der Waals surface area contributed by atoms with E-state index in [2.05, 4.69) is 6.07 Å². The number of halogens is 1. The summed E-state index contributed by atoms with van der Waals surface area (Å²) in [7, 11) is 0. The van der Waals surface area contributed by atoms with E-state index in [-0.39, 0.29) is 0 Å². The molecule has 0 spiro atoms.